The molecular formula is C20H19ClN2O3. The Kier molecular flexibility index (Phi) is 4.11. The number of ether oxygens (including phenoxy) is 1. The van der Waals surface area contributed by atoms with Crippen molar-refractivity contribution < 1.29 is 14.3 Å². The smallest absolute Gasteiger partial charge is 0.353 e. The number of hydrogen-bond donors (Lipinski definition) is 1. The van der Waals surface area contributed by atoms with Crippen LogP contribution in [0.4, 0.5) is 5.69 Å². The summed E-state index contributed by atoms with van der Waals surface area (Å²) in [5.74, 6) is -0.729. The summed E-state index contributed by atoms with van der Waals surface area (Å²) < 4.78 is 5.34. The van der Waals surface area contributed by atoms with E-state index in [-0.39, 0.29) is 18.6 Å². The predicted octanol–water partition coefficient (Wildman–Crippen LogP) is 3.68. The Morgan fingerprint density at radius 2 is 2.08 bits per heavy atom. The minimum Gasteiger partial charge on any atom is -0.463 e. The second kappa shape index (κ2) is 6.32. The van der Waals surface area contributed by atoms with Crippen LogP contribution in [-0.4, -0.2) is 24.1 Å². The van der Waals surface area contributed by atoms with E-state index in [1.807, 2.05) is 41.3 Å². The first-order chi connectivity index (χ1) is 12.6. The maximum Gasteiger partial charge on any atom is 0.353 e. The van der Waals surface area contributed by atoms with Gasteiger partial charge in [0, 0.05) is 11.4 Å². The van der Waals surface area contributed by atoms with E-state index in [1.165, 1.54) is 0 Å². The number of halogens is 1. The minimum absolute atomic E-state index is 0.0406. The fourth-order valence-electron chi connectivity index (χ4n) is 4.01. The maximum atomic E-state index is 12.9. The monoisotopic (exact) mass is 370 g/mol. The number of nitrogens with one attached hydrogen (secondary N) is 1. The van der Waals surface area contributed by atoms with E-state index in [9.17, 15) is 9.59 Å². The fourth-order valence-corrected chi connectivity index (χ4v) is 4.18. The fraction of sp³-hybridized carbons (Fsp3) is 0.300. The van der Waals surface area contributed by atoms with Gasteiger partial charge in [-0.15, -0.1) is 0 Å². The molecule has 0 unspecified atom stereocenters. The van der Waals surface area contributed by atoms with Crippen LogP contribution >= 0.6 is 11.6 Å². The third-order valence-electron chi connectivity index (χ3n) is 5.08. The molecule has 2 aromatic rings. The van der Waals surface area contributed by atoms with Gasteiger partial charge in [0.15, 0.2) is 0 Å². The average Bonchev–Trinajstić information content (AvgIpc) is 3.03. The van der Waals surface area contributed by atoms with E-state index in [0.717, 1.165) is 12.0 Å². The van der Waals surface area contributed by atoms with Gasteiger partial charge in [-0.3, -0.25) is 4.79 Å². The Labute approximate surface area is 156 Å². The number of nitrogens with zero attached hydrogens (tertiary/aromatic N) is 1. The molecule has 1 amide bonds. The first-order valence-electron chi connectivity index (χ1n) is 8.70. The van der Waals surface area contributed by atoms with Crippen LogP contribution in [0.1, 0.15) is 41.7 Å². The highest BCUT2D eigenvalue weighted by molar-refractivity contribution is 6.31. The number of anilines is 1. The number of benzene rings is 2. The second-order valence-corrected chi connectivity index (χ2v) is 6.97. The molecule has 2 aromatic carbocycles. The van der Waals surface area contributed by atoms with Crippen molar-refractivity contribution in [2.24, 2.45) is 0 Å². The van der Waals surface area contributed by atoms with E-state index in [1.54, 1.807) is 19.1 Å². The molecule has 0 aliphatic carbocycles. The average molecular weight is 371 g/mol. The van der Waals surface area contributed by atoms with E-state index < -0.39 is 11.6 Å². The summed E-state index contributed by atoms with van der Waals surface area (Å²) in [6.45, 7) is 2.02. The molecule has 0 aromatic heterocycles. The Morgan fingerprint density at radius 1 is 1.31 bits per heavy atom. The van der Waals surface area contributed by atoms with Crippen molar-refractivity contribution in [1.82, 2.24) is 5.32 Å². The number of carbonyl (C=O) groups excluding carboxylic acids is 2. The first kappa shape index (κ1) is 16.9. The molecule has 0 spiro atoms. The van der Waals surface area contributed by atoms with Crippen LogP contribution in [0, 0.1) is 0 Å². The molecule has 0 saturated carbocycles. The van der Waals surface area contributed by atoms with Gasteiger partial charge in [0.1, 0.15) is 0 Å². The van der Waals surface area contributed by atoms with Crippen LogP contribution in [0.25, 0.3) is 0 Å². The van der Waals surface area contributed by atoms with Gasteiger partial charge in [0.05, 0.1) is 23.9 Å². The number of hydrogen-bond acceptors (Lipinski definition) is 4. The summed E-state index contributed by atoms with van der Waals surface area (Å²) in [5.41, 5.74) is 1.09. The summed E-state index contributed by atoms with van der Waals surface area (Å²) in [6.07, 6.45) is 1.21. The van der Waals surface area contributed by atoms with Gasteiger partial charge >= 0.3 is 5.97 Å². The predicted molar refractivity (Wildman–Crippen MR) is 99.2 cm³/mol. The SMILES string of the molecule is CCOC(=O)[C@@]12CC[C@@H](c3ccccc3)N1c1ccc(Cl)cc1C(=O)N2. The van der Waals surface area contributed by atoms with Crippen LogP contribution in [0.2, 0.25) is 5.02 Å². The van der Waals surface area contributed by atoms with E-state index in [2.05, 4.69) is 5.32 Å². The van der Waals surface area contributed by atoms with Crippen molar-refractivity contribution in [3.63, 3.8) is 0 Å². The normalized spacial score (nSPS) is 23.8. The van der Waals surface area contributed by atoms with Gasteiger partial charge in [-0.2, -0.15) is 0 Å². The van der Waals surface area contributed by atoms with Gasteiger partial charge in [0.25, 0.3) is 5.91 Å². The highest BCUT2D eigenvalue weighted by atomic mass is 35.5. The molecule has 0 radical (unpaired) electrons. The standard InChI is InChI=1S/C20H19ClN2O3/c1-2-26-19(25)20-11-10-16(13-6-4-3-5-7-13)23(20)17-9-8-14(21)12-15(17)18(24)22-20/h3-9,12,16H,2,10-11H2,1H3,(H,22,24)/t16-,20+/m0/s1. The summed E-state index contributed by atoms with van der Waals surface area (Å²) in [7, 11) is 0. The quantitative estimate of drug-likeness (QED) is 0.837. The van der Waals surface area contributed by atoms with Crippen LogP contribution in [0.15, 0.2) is 48.5 Å². The number of fused-ring (bicyclic) bond motifs is 3. The van der Waals surface area contributed by atoms with Gasteiger partial charge in [-0.1, -0.05) is 41.9 Å². The summed E-state index contributed by atoms with van der Waals surface area (Å²) in [4.78, 5) is 27.6. The van der Waals surface area contributed by atoms with Crippen molar-refractivity contribution in [2.75, 3.05) is 11.5 Å². The largest absolute Gasteiger partial charge is 0.463 e. The zero-order valence-electron chi connectivity index (χ0n) is 14.4. The molecule has 2 heterocycles. The molecule has 134 valence electrons. The van der Waals surface area contributed by atoms with Crippen molar-refractivity contribution in [3.8, 4) is 0 Å². The molecule has 2 aliphatic heterocycles. The zero-order valence-corrected chi connectivity index (χ0v) is 15.1. The molecule has 2 aliphatic rings. The summed E-state index contributed by atoms with van der Waals surface area (Å²) >= 11 is 6.10. The number of esters is 1. The van der Waals surface area contributed by atoms with Gasteiger partial charge < -0.3 is 15.0 Å². The van der Waals surface area contributed by atoms with Gasteiger partial charge in [-0.25, -0.2) is 4.79 Å². The lowest BCUT2D eigenvalue weighted by Gasteiger charge is -2.45. The highest BCUT2D eigenvalue weighted by Gasteiger charge is 2.57. The highest BCUT2D eigenvalue weighted by Crippen LogP contribution is 2.48. The summed E-state index contributed by atoms with van der Waals surface area (Å²) in [6, 6.07) is 15.2. The summed E-state index contributed by atoms with van der Waals surface area (Å²) in [5, 5.41) is 3.40. The number of rotatable bonds is 3. The topological polar surface area (TPSA) is 58.6 Å². The zero-order chi connectivity index (χ0) is 18.3. The lowest BCUT2D eigenvalue weighted by atomic mass is 9.99. The van der Waals surface area contributed by atoms with E-state index >= 15 is 0 Å². The lowest BCUT2D eigenvalue weighted by molar-refractivity contribution is -0.150. The molecule has 6 heteroatoms. The lowest BCUT2D eigenvalue weighted by Crippen LogP contribution is -2.66. The number of amides is 1. The second-order valence-electron chi connectivity index (χ2n) is 6.53. The minimum atomic E-state index is -1.19. The van der Waals surface area contributed by atoms with Gasteiger partial charge in [0.2, 0.25) is 5.66 Å². The Morgan fingerprint density at radius 3 is 2.81 bits per heavy atom. The van der Waals surface area contributed by atoms with E-state index in [4.69, 9.17) is 16.3 Å². The first-order valence-corrected chi connectivity index (χ1v) is 9.08. The molecule has 0 bridgehead atoms. The molecule has 4 rings (SSSR count). The molecule has 1 fully saturated rings. The van der Waals surface area contributed by atoms with E-state index in [0.29, 0.717) is 22.7 Å². The van der Waals surface area contributed by atoms with Crippen molar-refractivity contribution in [3.05, 3.63) is 64.7 Å². The maximum absolute atomic E-state index is 12.9. The third-order valence-corrected chi connectivity index (χ3v) is 5.32. The Balaban J connectivity index is 1.89. The van der Waals surface area contributed by atoms with Crippen LogP contribution in [0.3, 0.4) is 0 Å². The number of carbonyl (C=O) groups is 2. The molecule has 5 nitrogen and oxygen atoms in total. The van der Waals surface area contributed by atoms with Gasteiger partial charge in [-0.05, 0) is 37.1 Å². The molecule has 1 saturated heterocycles. The van der Waals surface area contributed by atoms with Crippen molar-refractivity contribution in [1.29, 1.82) is 0 Å². The molecule has 2 atom stereocenters. The Bertz CT molecular complexity index is 871. The van der Waals surface area contributed by atoms with Crippen LogP contribution in [0.5, 0.6) is 0 Å². The molecule has 26 heavy (non-hydrogen) atoms. The van der Waals surface area contributed by atoms with Crippen molar-refractivity contribution in [2.45, 2.75) is 31.5 Å². The van der Waals surface area contributed by atoms with Crippen LogP contribution < -0.4 is 10.2 Å². The molecular weight excluding hydrogens is 352 g/mol. The van der Waals surface area contributed by atoms with Crippen molar-refractivity contribution >= 4 is 29.2 Å². The third kappa shape index (κ3) is 2.46. The Hall–Kier alpha value is -2.53. The van der Waals surface area contributed by atoms with Crippen LogP contribution in [-0.2, 0) is 9.53 Å². The molecule has 1 N–H and O–H groups in total.